The SMILES string of the molecule is CCN(CC)C(=O)[C@@H]1CCCN(c2ccc([N+](=O)[O-])cc2/C=N\Nc2ccc([N+](=O)[O-])cc2)C1. The molecule has 11 heteroatoms. The summed E-state index contributed by atoms with van der Waals surface area (Å²) in [6.45, 7) is 6.51. The summed E-state index contributed by atoms with van der Waals surface area (Å²) in [5.41, 5.74) is 4.54. The van der Waals surface area contributed by atoms with Gasteiger partial charge in [0.25, 0.3) is 11.4 Å². The van der Waals surface area contributed by atoms with Crippen molar-refractivity contribution in [3.63, 3.8) is 0 Å². The van der Waals surface area contributed by atoms with Gasteiger partial charge in [-0.25, -0.2) is 0 Å². The molecule has 2 aromatic carbocycles. The van der Waals surface area contributed by atoms with E-state index in [1.165, 1.54) is 42.6 Å². The summed E-state index contributed by atoms with van der Waals surface area (Å²) in [4.78, 5) is 38.0. The van der Waals surface area contributed by atoms with Crippen molar-refractivity contribution in [3.05, 3.63) is 68.3 Å². The van der Waals surface area contributed by atoms with Crippen molar-refractivity contribution >= 4 is 34.9 Å². The van der Waals surface area contributed by atoms with E-state index in [9.17, 15) is 25.0 Å². The molecular weight excluding hydrogens is 440 g/mol. The van der Waals surface area contributed by atoms with Crippen LogP contribution in [0.15, 0.2) is 47.6 Å². The van der Waals surface area contributed by atoms with E-state index in [2.05, 4.69) is 15.4 Å². The minimum Gasteiger partial charge on any atom is -0.370 e. The lowest BCUT2D eigenvalue weighted by Crippen LogP contribution is -2.45. The topological polar surface area (TPSA) is 134 Å². The maximum absolute atomic E-state index is 12.9. The molecular formula is C23H28N6O5. The van der Waals surface area contributed by atoms with Crippen molar-refractivity contribution in [1.82, 2.24) is 4.90 Å². The molecule has 0 aliphatic carbocycles. The molecule has 0 unspecified atom stereocenters. The Kier molecular flexibility index (Phi) is 8.12. The number of carbonyl (C=O) groups is 1. The largest absolute Gasteiger partial charge is 0.370 e. The van der Waals surface area contributed by atoms with Gasteiger partial charge in [0.15, 0.2) is 0 Å². The summed E-state index contributed by atoms with van der Waals surface area (Å²) in [7, 11) is 0. The maximum Gasteiger partial charge on any atom is 0.270 e. The molecule has 180 valence electrons. The first-order valence-corrected chi connectivity index (χ1v) is 11.2. The number of nitro groups is 2. The highest BCUT2D eigenvalue weighted by molar-refractivity contribution is 5.90. The Morgan fingerprint density at radius 3 is 2.38 bits per heavy atom. The Bertz CT molecular complexity index is 1070. The molecule has 34 heavy (non-hydrogen) atoms. The zero-order valence-electron chi connectivity index (χ0n) is 19.2. The molecule has 1 aliphatic rings. The lowest BCUT2D eigenvalue weighted by Gasteiger charge is -2.36. The third kappa shape index (κ3) is 5.85. The van der Waals surface area contributed by atoms with Crippen LogP contribution in [-0.4, -0.2) is 53.0 Å². The van der Waals surface area contributed by atoms with Gasteiger partial charge in [0, 0.05) is 61.7 Å². The Hall–Kier alpha value is -4.02. The van der Waals surface area contributed by atoms with Crippen LogP contribution in [0.25, 0.3) is 0 Å². The predicted molar refractivity (Wildman–Crippen MR) is 130 cm³/mol. The van der Waals surface area contributed by atoms with Gasteiger partial charge >= 0.3 is 0 Å². The molecule has 3 rings (SSSR count). The van der Waals surface area contributed by atoms with Crippen LogP contribution in [0.5, 0.6) is 0 Å². The number of nitrogens with one attached hydrogen (secondary N) is 1. The number of anilines is 2. The molecule has 0 spiro atoms. The molecule has 1 N–H and O–H groups in total. The fraction of sp³-hybridized carbons (Fsp3) is 0.391. The normalized spacial score (nSPS) is 15.8. The van der Waals surface area contributed by atoms with Crippen LogP contribution >= 0.6 is 0 Å². The Labute approximate surface area is 197 Å². The number of hydrogen-bond donors (Lipinski definition) is 1. The van der Waals surface area contributed by atoms with Crippen molar-refractivity contribution in [2.75, 3.05) is 36.5 Å². The number of benzene rings is 2. The zero-order chi connectivity index (χ0) is 24.7. The molecule has 1 heterocycles. The first-order valence-electron chi connectivity index (χ1n) is 11.2. The van der Waals surface area contributed by atoms with Crippen LogP contribution in [-0.2, 0) is 4.79 Å². The van der Waals surface area contributed by atoms with E-state index >= 15 is 0 Å². The van der Waals surface area contributed by atoms with Gasteiger partial charge in [-0.15, -0.1) is 0 Å². The summed E-state index contributed by atoms with van der Waals surface area (Å²) in [5.74, 6) is -0.00136. The zero-order valence-corrected chi connectivity index (χ0v) is 19.2. The average molecular weight is 469 g/mol. The molecule has 0 bridgehead atoms. The quantitative estimate of drug-likeness (QED) is 0.333. The van der Waals surface area contributed by atoms with E-state index in [4.69, 9.17) is 0 Å². The van der Waals surface area contributed by atoms with Crippen LogP contribution in [0.4, 0.5) is 22.7 Å². The smallest absolute Gasteiger partial charge is 0.270 e. The second kappa shape index (κ2) is 11.2. The Morgan fingerprint density at radius 2 is 1.76 bits per heavy atom. The van der Waals surface area contributed by atoms with Gasteiger partial charge in [0.05, 0.1) is 27.7 Å². The second-order valence-electron chi connectivity index (χ2n) is 7.97. The van der Waals surface area contributed by atoms with Crippen molar-refractivity contribution in [2.45, 2.75) is 26.7 Å². The van der Waals surface area contributed by atoms with Gasteiger partial charge < -0.3 is 9.80 Å². The number of carbonyl (C=O) groups excluding carboxylic acids is 1. The van der Waals surface area contributed by atoms with Crippen LogP contribution in [0.2, 0.25) is 0 Å². The predicted octanol–water partition coefficient (Wildman–Crippen LogP) is 4.03. The van der Waals surface area contributed by atoms with Crippen molar-refractivity contribution in [1.29, 1.82) is 0 Å². The van der Waals surface area contributed by atoms with E-state index < -0.39 is 9.85 Å². The van der Waals surface area contributed by atoms with Gasteiger partial charge in [-0.05, 0) is 44.9 Å². The second-order valence-corrected chi connectivity index (χ2v) is 7.97. The fourth-order valence-electron chi connectivity index (χ4n) is 4.07. The van der Waals surface area contributed by atoms with E-state index in [0.29, 0.717) is 30.9 Å². The third-order valence-corrected chi connectivity index (χ3v) is 5.88. The molecule has 1 aliphatic heterocycles. The summed E-state index contributed by atoms with van der Waals surface area (Å²) < 4.78 is 0. The van der Waals surface area contributed by atoms with Crippen molar-refractivity contribution in [3.8, 4) is 0 Å². The standard InChI is InChI=1S/C23H28N6O5/c1-3-26(4-2)23(30)17-6-5-13-27(16-17)22-12-11-21(29(33)34)14-18(22)15-24-25-19-7-9-20(10-8-19)28(31)32/h7-12,14-15,17,25H,3-6,13,16H2,1-2H3/b24-15-/t17-/m1/s1. The number of rotatable bonds is 9. The summed E-state index contributed by atoms with van der Waals surface area (Å²) in [6.07, 6.45) is 3.13. The average Bonchev–Trinajstić information content (AvgIpc) is 2.85. The summed E-state index contributed by atoms with van der Waals surface area (Å²) in [6, 6.07) is 10.4. The van der Waals surface area contributed by atoms with Crippen LogP contribution in [0.1, 0.15) is 32.3 Å². The molecule has 1 atom stereocenters. The van der Waals surface area contributed by atoms with Crippen molar-refractivity contribution in [2.24, 2.45) is 11.0 Å². The molecule has 1 fully saturated rings. The highest BCUT2D eigenvalue weighted by atomic mass is 16.6. The van der Waals surface area contributed by atoms with E-state index in [-0.39, 0.29) is 23.2 Å². The van der Waals surface area contributed by atoms with Crippen LogP contribution < -0.4 is 10.3 Å². The monoisotopic (exact) mass is 468 g/mol. The van der Waals surface area contributed by atoms with E-state index in [1.54, 1.807) is 6.07 Å². The number of nitrogens with zero attached hydrogens (tertiary/aromatic N) is 5. The molecule has 11 nitrogen and oxygen atoms in total. The number of hydrazone groups is 1. The minimum absolute atomic E-state index is 0.0330. The number of piperidine rings is 1. The number of non-ortho nitro benzene ring substituents is 2. The van der Waals surface area contributed by atoms with Gasteiger partial charge in [0.2, 0.25) is 5.91 Å². The number of amides is 1. The highest BCUT2D eigenvalue weighted by Gasteiger charge is 2.29. The summed E-state index contributed by atoms with van der Waals surface area (Å²) >= 11 is 0. The first-order chi connectivity index (χ1) is 16.3. The lowest BCUT2D eigenvalue weighted by molar-refractivity contribution is -0.385. The molecule has 2 aromatic rings. The number of hydrogen-bond acceptors (Lipinski definition) is 8. The third-order valence-electron chi connectivity index (χ3n) is 5.88. The van der Waals surface area contributed by atoms with E-state index in [1.807, 2.05) is 18.7 Å². The molecule has 0 radical (unpaired) electrons. The molecule has 1 amide bonds. The van der Waals surface area contributed by atoms with Crippen LogP contribution in [0.3, 0.4) is 0 Å². The highest BCUT2D eigenvalue weighted by Crippen LogP contribution is 2.29. The molecule has 0 aromatic heterocycles. The Balaban J connectivity index is 1.82. The maximum atomic E-state index is 12.9. The van der Waals surface area contributed by atoms with Gasteiger partial charge in [-0.2, -0.15) is 5.10 Å². The minimum atomic E-state index is -0.487. The van der Waals surface area contributed by atoms with Crippen LogP contribution in [0, 0.1) is 26.1 Å². The van der Waals surface area contributed by atoms with Gasteiger partial charge in [-0.3, -0.25) is 30.4 Å². The van der Waals surface area contributed by atoms with E-state index in [0.717, 1.165) is 25.1 Å². The van der Waals surface area contributed by atoms with Crippen molar-refractivity contribution < 1.29 is 14.6 Å². The lowest BCUT2D eigenvalue weighted by atomic mass is 9.95. The van der Waals surface area contributed by atoms with Gasteiger partial charge in [-0.1, -0.05) is 0 Å². The van der Waals surface area contributed by atoms with Gasteiger partial charge in [0.1, 0.15) is 0 Å². The molecule has 1 saturated heterocycles. The summed E-state index contributed by atoms with van der Waals surface area (Å²) in [5, 5.41) is 26.3. The molecule has 0 saturated carbocycles. The fourth-order valence-corrected chi connectivity index (χ4v) is 4.07. The number of nitro benzene ring substituents is 2. The Morgan fingerprint density at radius 1 is 1.12 bits per heavy atom. The first kappa shape index (κ1) is 24.6.